The van der Waals surface area contributed by atoms with Crippen molar-refractivity contribution in [1.29, 1.82) is 0 Å². The zero-order valence-corrected chi connectivity index (χ0v) is 10.8. The van der Waals surface area contributed by atoms with Crippen molar-refractivity contribution < 1.29 is 19.1 Å². The first-order valence-corrected chi connectivity index (χ1v) is 6.25. The first kappa shape index (κ1) is 12.9. The second-order valence-electron chi connectivity index (χ2n) is 4.71. The van der Waals surface area contributed by atoms with E-state index in [1.54, 1.807) is 6.08 Å². The van der Waals surface area contributed by atoms with Gasteiger partial charge in [0.2, 0.25) is 0 Å². The number of rotatable bonds is 2. The van der Waals surface area contributed by atoms with Crippen molar-refractivity contribution in [3.8, 4) is 0 Å². The molecule has 0 N–H and O–H groups in total. The minimum absolute atomic E-state index is 0.102. The molecule has 1 fully saturated rings. The van der Waals surface area contributed by atoms with E-state index < -0.39 is 11.9 Å². The van der Waals surface area contributed by atoms with Crippen molar-refractivity contribution in [3.63, 3.8) is 0 Å². The largest absolute Gasteiger partial charge is 0.469 e. The van der Waals surface area contributed by atoms with Crippen LogP contribution in [0.25, 0.3) is 0 Å². The van der Waals surface area contributed by atoms with Gasteiger partial charge < -0.3 is 9.47 Å². The van der Waals surface area contributed by atoms with Crippen molar-refractivity contribution in [1.82, 2.24) is 0 Å². The molecule has 2 aliphatic carbocycles. The van der Waals surface area contributed by atoms with Crippen LogP contribution in [-0.4, -0.2) is 26.2 Å². The summed E-state index contributed by atoms with van der Waals surface area (Å²) in [4.78, 5) is 23.7. The fraction of sp³-hybridized carbons (Fsp3) is 0.571. The lowest BCUT2D eigenvalue weighted by Gasteiger charge is -2.34. The Labute approximate surface area is 107 Å². The number of carbonyl (C=O) groups excluding carboxylic acids is 2. The molecular formula is C14H18O4. The van der Waals surface area contributed by atoms with Gasteiger partial charge >= 0.3 is 11.9 Å². The molecule has 0 heterocycles. The standard InChI is InChI=1S/C14H18O4/c1-17-13(15)11-8-7-9-5-3-4-6-10(9)12(11)14(16)18-2/h7-8,10,12H,3-6H2,1-2H3/t10-,12+/m0/s1. The molecule has 98 valence electrons. The van der Waals surface area contributed by atoms with E-state index in [1.165, 1.54) is 19.8 Å². The molecule has 0 saturated heterocycles. The summed E-state index contributed by atoms with van der Waals surface area (Å²) in [5.41, 5.74) is 1.67. The van der Waals surface area contributed by atoms with Crippen LogP contribution in [0.3, 0.4) is 0 Å². The second-order valence-corrected chi connectivity index (χ2v) is 4.71. The van der Waals surface area contributed by atoms with Crippen LogP contribution in [0.4, 0.5) is 0 Å². The van der Waals surface area contributed by atoms with Crippen molar-refractivity contribution in [3.05, 3.63) is 23.3 Å². The Bertz CT molecular complexity index is 420. The van der Waals surface area contributed by atoms with Gasteiger partial charge in [0.05, 0.1) is 25.7 Å². The van der Waals surface area contributed by atoms with Crippen molar-refractivity contribution >= 4 is 11.9 Å². The molecule has 2 aliphatic rings. The number of hydrogen-bond acceptors (Lipinski definition) is 4. The van der Waals surface area contributed by atoms with Crippen LogP contribution in [0.15, 0.2) is 23.3 Å². The topological polar surface area (TPSA) is 52.6 Å². The summed E-state index contributed by atoms with van der Waals surface area (Å²) < 4.78 is 9.60. The van der Waals surface area contributed by atoms with Gasteiger partial charge in [-0.25, -0.2) is 4.79 Å². The third kappa shape index (κ3) is 2.19. The van der Waals surface area contributed by atoms with Crippen molar-refractivity contribution in [2.24, 2.45) is 11.8 Å². The quantitative estimate of drug-likeness (QED) is 0.703. The van der Waals surface area contributed by atoms with E-state index in [4.69, 9.17) is 9.47 Å². The Balaban J connectivity index is 2.36. The van der Waals surface area contributed by atoms with Gasteiger partial charge in [0.25, 0.3) is 0 Å². The molecule has 0 bridgehead atoms. The van der Waals surface area contributed by atoms with Crippen LogP contribution in [0.5, 0.6) is 0 Å². The summed E-state index contributed by atoms with van der Waals surface area (Å²) in [5.74, 6) is -1.18. The number of esters is 2. The summed E-state index contributed by atoms with van der Waals surface area (Å²) in [7, 11) is 2.69. The highest BCUT2D eigenvalue weighted by Crippen LogP contribution is 2.41. The van der Waals surface area contributed by atoms with Gasteiger partial charge in [-0.05, 0) is 25.2 Å². The van der Waals surface area contributed by atoms with E-state index in [1.807, 2.05) is 6.08 Å². The third-order valence-corrected chi connectivity index (χ3v) is 3.80. The maximum atomic E-state index is 12.0. The molecule has 2 rings (SSSR count). The van der Waals surface area contributed by atoms with E-state index >= 15 is 0 Å². The first-order valence-electron chi connectivity index (χ1n) is 6.25. The summed E-state index contributed by atoms with van der Waals surface area (Å²) in [5, 5.41) is 0. The van der Waals surface area contributed by atoms with E-state index in [-0.39, 0.29) is 11.9 Å². The van der Waals surface area contributed by atoms with Crippen LogP contribution < -0.4 is 0 Å². The first-order chi connectivity index (χ1) is 8.69. The molecule has 2 atom stereocenters. The minimum Gasteiger partial charge on any atom is -0.469 e. The van der Waals surface area contributed by atoms with Gasteiger partial charge in [-0.1, -0.05) is 24.1 Å². The molecule has 0 unspecified atom stereocenters. The van der Waals surface area contributed by atoms with E-state index in [2.05, 4.69) is 0 Å². The van der Waals surface area contributed by atoms with E-state index in [9.17, 15) is 9.59 Å². The van der Waals surface area contributed by atoms with E-state index in [0.29, 0.717) is 5.57 Å². The number of hydrogen-bond donors (Lipinski definition) is 0. The summed E-state index contributed by atoms with van der Waals surface area (Å²) in [6, 6.07) is 0. The number of fused-ring (bicyclic) bond motifs is 1. The zero-order chi connectivity index (χ0) is 13.1. The molecular weight excluding hydrogens is 232 g/mol. The zero-order valence-electron chi connectivity index (χ0n) is 10.8. The minimum atomic E-state index is -0.497. The van der Waals surface area contributed by atoms with Crippen LogP contribution >= 0.6 is 0 Å². The molecule has 18 heavy (non-hydrogen) atoms. The number of carbonyl (C=O) groups is 2. The molecule has 1 saturated carbocycles. The Morgan fingerprint density at radius 2 is 1.94 bits per heavy atom. The fourth-order valence-corrected chi connectivity index (χ4v) is 2.90. The fourth-order valence-electron chi connectivity index (χ4n) is 2.90. The van der Waals surface area contributed by atoms with Crippen LogP contribution in [0, 0.1) is 11.8 Å². The Kier molecular flexibility index (Phi) is 3.84. The molecule has 0 amide bonds. The lowest BCUT2D eigenvalue weighted by atomic mass is 9.70. The highest BCUT2D eigenvalue weighted by molar-refractivity contribution is 5.96. The summed E-state index contributed by atoms with van der Waals surface area (Å²) in [6.45, 7) is 0. The Morgan fingerprint density at radius 3 is 2.61 bits per heavy atom. The Hall–Kier alpha value is -1.58. The van der Waals surface area contributed by atoms with Crippen LogP contribution in [-0.2, 0) is 19.1 Å². The monoisotopic (exact) mass is 250 g/mol. The predicted molar refractivity (Wildman–Crippen MR) is 65.6 cm³/mol. The predicted octanol–water partition coefficient (Wildman–Crippen LogP) is 2.01. The van der Waals surface area contributed by atoms with Gasteiger partial charge in [0.1, 0.15) is 0 Å². The van der Waals surface area contributed by atoms with Crippen LogP contribution in [0.1, 0.15) is 25.7 Å². The van der Waals surface area contributed by atoms with Crippen molar-refractivity contribution in [2.45, 2.75) is 25.7 Å². The third-order valence-electron chi connectivity index (χ3n) is 3.80. The lowest BCUT2D eigenvalue weighted by Crippen LogP contribution is -2.34. The second kappa shape index (κ2) is 5.38. The maximum absolute atomic E-state index is 12.0. The molecule has 0 aromatic carbocycles. The SMILES string of the molecule is COC(=O)C1=CC=C2CCCC[C@@H]2[C@H]1C(=O)OC. The summed E-state index contributed by atoms with van der Waals surface area (Å²) >= 11 is 0. The normalized spacial score (nSPS) is 26.6. The highest BCUT2D eigenvalue weighted by Gasteiger charge is 2.40. The molecule has 0 radical (unpaired) electrons. The molecule has 4 heteroatoms. The maximum Gasteiger partial charge on any atom is 0.334 e. The van der Waals surface area contributed by atoms with Gasteiger partial charge in [0, 0.05) is 0 Å². The molecule has 0 aliphatic heterocycles. The van der Waals surface area contributed by atoms with Gasteiger partial charge in [0.15, 0.2) is 0 Å². The number of methoxy groups -OCH3 is 2. The van der Waals surface area contributed by atoms with Gasteiger partial charge in [-0.15, -0.1) is 0 Å². The molecule has 0 aromatic heterocycles. The number of ether oxygens (including phenoxy) is 2. The lowest BCUT2D eigenvalue weighted by molar-refractivity contribution is -0.149. The number of allylic oxidation sites excluding steroid dienone is 3. The molecule has 0 aromatic rings. The Morgan fingerprint density at radius 1 is 1.17 bits per heavy atom. The molecule has 0 spiro atoms. The highest BCUT2D eigenvalue weighted by atomic mass is 16.5. The van der Waals surface area contributed by atoms with Gasteiger partial charge in [-0.2, -0.15) is 0 Å². The van der Waals surface area contributed by atoms with Crippen molar-refractivity contribution in [2.75, 3.05) is 14.2 Å². The average molecular weight is 250 g/mol. The average Bonchev–Trinajstić information content (AvgIpc) is 2.44. The smallest absolute Gasteiger partial charge is 0.334 e. The van der Waals surface area contributed by atoms with Crippen LogP contribution in [0.2, 0.25) is 0 Å². The van der Waals surface area contributed by atoms with E-state index in [0.717, 1.165) is 25.7 Å². The molecule has 4 nitrogen and oxygen atoms in total. The van der Waals surface area contributed by atoms with Gasteiger partial charge in [-0.3, -0.25) is 4.79 Å². The summed E-state index contributed by atoms with van der Waals surface area (Å²) in [6.07, 6.45) is 7.85.